The Labute approximate surface area is 122 Å². The van der Waals surface area contributed by atoms with E-state index in [9.17, 15) is 4.79 Å². The molecule has 0 heterocycles. The molecule has 0 aromatic rings. The molecule has 0 aliphatic heterocycles. The Morgan fingerprint density at radius 2 is 2.05 bits per heavy atom. The lowest BCUT2D eigenvalue weighted by Gasteiger charge is -2.19. The van der Waals surface area contributed by atoms with Crippen LogP contribution in [0.3, 0.4) is 0 Å². The highest BCUT2D eigenvalue weighted by molar-refractivity contribution is 5.97. The van der Waals surface area contributed by atoms with Gasteiger partial charge in [-0.2, -0.15) is 5.26 Å². The molecular formula is C15H27N3O2. The topological polar surface area (TPSA) is 65.4 Å². The number of hydrogen-bond donors (Lipinski definition) is 1. The fraction of sp³-hybridized carbons (Fsp3) is 0.733. The smallest absolute Gasteiger partial charge is 0.263 e. The van der Waals surface area contributed by atoms with E-state index in [1.165, 1.54) is 0 Å². The molecule has 0 bridgehead atoms. The Bertz CT molecular complexity index is 335. The van der Waals surface area contributed by atoms with Crippen LogP contribution in [0.25, 0.3) is 0 Å². The Morgan fingerprint density at radius 3 is 2.60 bits per heavy atom. The van der Waals surface area contributed by atoms with Crippen LogP contribution < -0.4 is 5.32 Å². The second-order valence-corrected chi connectivity index (χ2v) is 4.65. The van der Waals surface area contributed by atoms with Crippen molar-refractivity contribution in [2.75, 3.05) is 33.4 Å². The molecule has 0 aliphatic rings. The summed E-state index contributed by atoms with van der Waals surface area (Å²) in [6.45, 7) is 7.08. The molecule has 0 spiro atoms. The molecule has 1 N–H and O–H groups in total. The van der Waals surface area contributed by atoms with Crippen LogP contribution in [0.15, 0.2) is 11.8 Å². The van der Waals surface area contributed by atoms with Gasteiger partial charge in [-0.25, -0.2) is 0 Å². The van der Waals surface area contributed by atoms with E-state index in [1.54, 1.807) is 13.3 Å². The van der Waals surface area contributed by atoms with Gasteiger partial charge >= 0.3 is 0 Å². The van der Waals surface area contributed by atoms with Gasteiger partial charge in [0, 0.05) is 39.6 Å². The number of methoxy groups -OCH3 is 1. The van der Waals surface area contributed by atoms with Crippen molar-refractivity contribution < 1.29 is 9.53 Å². The Morgan fingerprint density at radius 1 is 1.30 bits per heavy atom. The second-order valence-electron chi connectivity index (χ2n) is 4.65. The number of nitrogens with zero attached hydrogens (tertiary/aromatic N) is 2. The highest BCUT2D eigenvalue weighted by Crippen LogP contribution is 2.02. The summed E-state index contributed by atoms with van der Waals surface area (Å²) in [7, 11) is 1.62. The molecule has 0 unspecified atom stereocenters. The summed E-state index contributed by atoms with van der Waals surface area (Å²) >= 11 is 0. The summed E-state index contributed by atoms with van der Waals surface area (Å²) in [4.78, 5) is 13.9. The summed E-state index contributed by atoms with van der Waals surface area (Å²) in [6.07, 6.45) is 5.58. The SMILES string of the molecule is CCCCN(/C=C(/C#N)C(=O)NCCCOC)CCC. The highest BCUT2D eigenvalue weighted by Gasteiger charge is 2.10. The number of ether oxygens (including phenoxy) is 1. The fourth-order valence-electron chi connectivity index (χ4n) is 1.72. The van der Waals surface area contributed by atoms with Gasteiger partial charge in [-0.05, 0) is 19.3 Å². The van der Waals surface area contributed by atoms with Crippen molar-refractivity contribution in [3.05, 3.63) is 11.8 Å². The van der Waals surface area contributed by atoms with E-state index >= 15 is 0 Å². The van der Waals surface area contributed by atoms with E-state index < -0.39 is 0 Å². The first-order valence-corrected chi connectivity index (χ1v) is 7.32. The molecule has 0 radical (unpaired) electrons. The minimum Gasteiger partial charge on any atom is -0.385 e. The largest absolute Gasteiger partial charge is 0.385 e. The molecule has 1 amide bonds. The van der Waals surface area contributed by atoms with Gasteiger partial charge in [0.15, 0.2) is 0 Å². The lowest BCUT2D eigenvalue weighted by Crippen LogP contribution is -2.28. The third kappa shape index (κ3) is 8.54. The van der Waals surface area contributed by atoms with Crippen molar-refractivity contribution >= 4 is 5.91 Å². The molecule has 5 nitrogen and oxygen atoms in total. The summed E-state index contributed by atoms with van der Waals surface area (Å²) < 4.78 is 4.91. The normalized spacial score (nSPS) is 11.0. The van der Waals surface area contributed by atoms with Crippen LogP contribution in [-0.2, 0) is 9.53 Å². The molecule has 0 saturated carbocycles. The van der Waals surface area contributed by atoms with Crippen LogP contribution in [0.5, 0.6) is 0 Å². The van der Waals surface area contributed by atoms with Crippen LogP contribution in [0.4, 0.5) is 0 Å². The van der Waals surface area contributed by atoms with Crippen molar-refractivity contribution in [2.24, 2.45) is 0 Å². The van der Waals surface area contributed by atoms with E-state index in [4.69, 9.17) is 10.00 Å². The quantitative estimate of drug-likeness (QED) is 0.358. The average Bonchev–Trinajstić information content (AvgIpc) is 2.46. The molecule has 0 atom stereocenters. The maximum absolute atomic E-state index is 11.9. The molecule has 0 rings (SSSR count). The van der Waals surface area contributed by atoms with Gasteiger partial charge in [0.2, 0.25) is 0 Å². The van der Waals surface area contributed by atoms with Gasteiger partial charge in [-0.15, -0.1) is 0 Å². The second kappa shape index (κ2) is 12.5. The van der Waals surface area contributed by atoms with Crippen LogP contribution in [-0.4, -0.2) is 44.2 Å². The zero-order valence-corrected chi connectivity index (χ0v) is 12.9. The number of carbonyl (C=O) groups is 1. The summed E-state index contributed by atoms with van der Waals surface area (Å²) in [6, 6.07) is 1.98. The van der Waals surface area contributed by atoms with Gasteiger partial charge in [0.1, 0.15) is 11.6 Å². The zero-order chi connectivity index (χ0) is 15.2. The lowest BCUT2D eigenvalue weighted by molar-refractivity contribution is -0.117. The average molecular weight is 281 g/mol. The molecule has 0 saturated heterocycles. The van der Waals surface area contributed by atoms with Gasteiger partial charge in [-0.1, -0.05) is 20.3 Å². The van der Waals surface area contributed by atoms with E-state index in [0.717, 1.165) is 38.8 Å². The number of rotatable bonds is 11. The Hall–Kier alpha value is -1.54. The fourth-order valence-corrected chi connectivity index (χ4v) is 1.72. The van der Waals surface area contributed by atoms with Crippen LogP contribution in [0, 0.1) is 11.3 Å². The van der Waals surface area contributed by atoms with Crippen molar-refractivity contribution in [2.45, 2.75) is 39.5 Å². The Kier molecular flexibility index (Phi) is 11.5. The van der Waals surface area contributed by atoms with E-state index in [1.807, 2.05) is 6.07 Å². The summed E-state index contributed by atoms with van der Waals surface area (Å²) in [5.41, 5.74) is 0.173. The van der Waals surface area contributed by atoms with E-state index in [0.29, 0.717) is 13.2 Å². The van der Waals surface area contributed by atoms with Gasteiger partial charge in [-0.3, -0.25) is 4.79 Å². The first kappa shape index (κ1) is 18.5. The molecule has 0 fully saturated rings. The molecule has 5 heteroatoms. The number of hydrogen-bond acceptors (Lipinski definition) is 4. The minimum atomic E-state index is -0.304. The zero-order valence-electron chi connectivity index (χ0n) is 12.9. The van der Waals surface area contributed by atoms with Crippen molar-refractivity contribution in [1.82, 2.24) is 10.2 Å². The Balaban J connectivity index is 4.46. The van der Waals surface area contributed by atoms with Gasteiger partial charge in [0.05, 0.1) is 0 Å². The third-order valence-electron chi connectivity index (χ3n) is 2.80. The monoisotopic (exact) mass is 281 g/mol. The van der Waals surface area contributed by atoms with Crippen LogP contribution in [0.2, 0.25) is 0 Å². The minimum absolute atomic E-state index is 0.173. The van der Waals surface area contributed by atoms with Crippen LogP contribution >= 0.6 is 0 Å². The predicted molar refractivity (Wildman–Crippen MR) is 80.0 cm³/mol. The van der Waals surface area contributed by atoms with Crippen molar-refractivity contribution in [3.63, 3.8) is 0 Å². The molecule has 0 aromatic heterocycles. The number of carbonyl (C=O) groups excluding carboxylic acids is 1. The predicted octanol–water partition coefficient (Wildman–Crippen LogP) is 2.06. The first-order chi connectivity index (χ1) is 9.69. The molecule has 114 valence electrons. The number of amides is 1. The van der Waals surface area contributed by atoms with Gasteiger partial charge in [0.25, 0.3) is 5.91 Å². The molecule has 0 aliphatic carbocycles. The standard InChI is InChI=1S/C15H27N3O2/c1-4-6-10-18(9-5-2)13-14(12-16)15(19)17-8-7-11-20-3/h13H,4-11H2,1-3H3,(H,17,19)/b14-13-. The van der Waals surface area contributed by atoms with E-state index in [2.05, 4.69) is 24.1 Å². The lowest BCUT2D eigenvalue weighted by atomic mass is 10.2. The van der Waals surface area contributed by atoms with E-state index in [-0.39, 0.29) is 11.5 Å². The van der Waals surface area contributed by atoms with Gasteiger partial charge < -0.3 is 15.0 Å². The van der Waals surface area contributed by atoms with Crippen molar-refractivity contribution in [1.29, 1.82) is 5.26 Å². The maximum atomic E-state index is 11.9. The molecule has 20 heavy (non-hydrogen) atoms. The van der Waals surface area contributed by atoms with Crippen molar-refractivity contribution in [3.8, 4) is 6.07 Å². The highest BCUT2D eigenvalue weighted by atomic mass is 16.5. The maximum Gasteiger partial charge on any atom is 0.263 e. The number of unbranched alkanes of at least 4 members (excludes halogenated alkanes) is 1. The summed E-state index contributed by atoms with van der Waals surface area (Å²) in [5.74, 6) is -0.304. The number of nitriles is 1. The van der Waals surface area contributed by atoms with Crippen LogP contribution in [0.1, 0.15) is 39.5 Å². The molecular weight excluding hydrogens is 254 g/mol. The molecule has 0 aromatic carbocycles. The third-order valence-corrected chi connectivity index (χ3v) is 2.80. The summed E-state index contributed by atoms with van der Waals surface area (Å²) in [5, 5.41) is 11.8. The number of nitrogens with one attached hydrogen (secondary N) is 1. The first-order valence-electron chi connectivity index (χ1n) is 7.32.